The van der Waals surface area contributed by atoms with Crippen LogP contribution < -0.4 is 4.74 Å². The third kappa shape index (κ3) is 3.78. The minimum Gasteiger partial charge on any atom is -0.471 e. The van der Waals surface area contributed by atoms with Gasteiger partial charge in [0, 0.05) is 30.5 Å². The quantitative estimate of drug-likeness (QED) is 0.651. The predicted molar refractivity (Wildman–Crippen MR) is 101 cm³/mol. The summed E-state index contributed by atoms with van der Waals surface area (Å²) in [6.07, 6.45) is 4.52. The number of pyridine rings is 1. The molecule has 1 amide bonds. The van der Waals surface area contributed by atoms with Gasteiger partial charge in [-0.1, -0.05) is 5.16 Å². The van der Waals surface area contributed by atoms with Crippen LogP contribution in [-0.2, 0) is 6.61 Å². The number of aryl methyl sites for hydroxylation is 2. The van der Waals surface area contributed by atoms with Crippen LogP contribution in [0.25, 0.3) is 11.3 Å². The first kappa shape index (κ1) is 18.6. The van der Waals surface area contributed by atoms with Crippen molar-refractivity contribution in [2.75, 3.05) is 13.1 Å². The number of amides is 1. The maximum absolute atomic E-state index is 12.3. The van der Waals surface area contributed by atoms with Crippen molar-refractivity contribution in [3.05, 3.63) is 53.4 Å². The lowest BCUT2D eigenvalue weighted by atomic mass is 10.0. The van der Waals surface area contributed by atoms with Gasteiger partial charge < -0.3 is 14.2 Å². The highest BCUT2D eigenvalue weighted by Gasteiger charge is 2.31. The van der Waals surface area contributed by atoms with Gasteiger partial charge in [-0.25, -0.2) is 9.97 Å². The Morgan fingerprint density at radius 2 is 2.07 bits per heavy atom. The molecule has 0 atom stereocenters. The minimum absolute atomic E-state index is 0.0979. The topological polar surface area (TPSA) is 118 Å². The molecule has 4 rings (SSSR count). The van der Waals surface area contributed by atoms with E-state index in [0.717, 1.165) is 16.8 Å². The molecule has 3 aromatic heterocycles. The number of rotatable bonds is 5. The van der Waals surface area contributed by atoms with Crippen LogP contribution >= 0.6 is 0 Å². The van der Waals surface area contributed by atoms with E-state index in [4.69, 9.17) is 14.5 Å². The molecule has 9 heteroatoms. The van der Waals surface area contributed by atoms with Crippen molar-refractivity contribution in [1.82, 2.24) is 25.0 Å². The molecule has 0 spiro atoms. The van der Waals surface area contributed by atoms with Gasteiger partial charge in [-0.2, -0.15) is 5.26 Å². The molecule has 0 saturated carbocycles. The van der Waals surface area contributed by atoms with Gasteiger partial charge >= 0.3 is 0 Å². The van der Waals surface area contributed by atoms with E-state index >= 15 is 0 Å². The lowest BCUT2D eigenvalue weighted by molar-refractivity contribution is 0.0570. The molecule has 1 aliphatic heterocycles. The highest BCUT2D eigenvalue weighted by molar-refractivity contribution is 5.92. The maximum Gasteiger partial charge on any atom is 0.274 e. The van der Waals surface area contributed by atoms with Crippen molar-refractivity contribution < 1.29 is 14.1 Å². The summed E-state index contributed by atoms with van der Waals surface area (Å²) in [6, 6.07) is 5.97. The third-order valence-electron chi connectivity index (χ3n) is 4.73. The van der Waals surface area contributed by atoms with Gasteiger partial charge in [0.2, 0.25) is 5.88 Å². The molecule has 1 fully saturated rings. The number of likely N-dealkylation sites (tertiary alicyclic amines) is 1. The summed E-state index contributed by atoms with van der Waals surface area (Å²) in [5.41, 5.74) is 3.43. The molecule has 0 N–H and O–H groups in total. The van der Waals surface area contributed by atoms with Gasteiger partial charge in [0.05, 0.1) is 29.9 Å². The number of hydrogen-bond acceptors (Lipinski definition) is 8. The Morgan fingerprint density at radius 3 is 2.72 bits per heavy atom. The highest BCUT2D eigenvalue weighted by atomic mass is 16.5. The van der Waals surface area contributed by atoms with Crippen LogP contribution in [-0.4, -0.2) is 44.0 Å². The van der Waals surface area contributed by atoms with Gasteiger partial charge in [-0.15, -0.1) is 0 Å². The fourth-order valence-electron chi connectivity index (χ4n) is 2.93. The first-order valence-corrected chi connectivity index (χ1v) is 9.07. The number of carbonyl (C=O) groups excluding carboxylic acids is 1. The molecule has 3 aromatic rings. The number of hydrogen-bond donors (Lipinski definition) is 0. The average molecular weight is 390 g/mol. The lowest BCUT2D eigenvalue weighted by Crippen LogP contribution is -2.49. The largest absolute Gasteiger partial charge is 0.471 e. The minimum atomic E-state index is -0.236. The monoisotopic (exact) mass is 390 g/mol. The number of ether oxygens (including phenoxy) is 1. The van der Waals surface area contributed by atoms with Crippen LogP contribution in [0.1, 0.15) is 27.5 Å². The first-order chi connectivity index (χ1) is 14.0. The summed E-state index contributed by atoms with van der Waals surface area (Å²) in [5, 5.41) is 12.9. The molecule has 0 bridgehead atoms. The summed E-state index contributed by atoms with van der Waals surface area (Å²) in [4.78, 5) is 26.4. The standard InChI is InChI=1S/C20H18N6O3/c1-12-3-4-15(6-22-12)19-16(13(2)29-25-19)11-28-18-8-23-17(7-24-18)20(27)26-9-14(5-21)10-26/h3-4,6-8,14H,9-11H2,1-2H3. The lowest BCUT2D eigenvalue weighted by Gasteiger charge is -2.34. The smallest absolute Gasteiger partial charge is 0.274 e. The number of nitrogens with zero attached hydrogens (tertiary/aromatic N) is 6. The summed E-state index contributed by atoms with van der Waals surface area (Å²) in [7, 11) is 0. The van der Waals surface area contributed by atoms with E-state index in [2.05, 4.69) is 26.2 Å². The zero-order chi connectivity index (χ0) is 20.4. The molecular weight excluding hydrogens is 372 g/mol. The Morgan fingerprint density at radius 1 is 1.24 bits per heavy atom. The van der Waals surface area contributed by atoms with E-state index in [1.807, 2.05) is 26.0 Å². The SMILES string of the molecule is Cc1ccc(-c2noc(C)c2COc2cnc(C(=O)N3CC(C#N)C3)cn2)cn1. The van der Waals surface area contributed by atoms with Crippen LogP contribution in [0.2, 0.25) is 0 Å². The number of aromatic nitrogens is 4. The van der Waals surface area contributed by atoms with Crippen molar-refractivity contribution in [2.45, 2.75) is 20.5 Å². The van der Waals surface area contributed by atoms with Gasteiger partial charge in [-0.05, 0) is 26.0 Å². The maximum atomic E-state index is 12.3. The van der Waals surface area contributed by atoms with E-state index in [1.165, 1.54) is 12.4 Å². The van der Waals surface area contributed by atoms with Crippen LogP contribution in [0.3, 0.4) is 0 Å². The van der Waals surface area contributed by atoms with E-state index in [1.54, 1.807) is 11.1 Å². The Balaban J connectivity index is 1.42. The molecule has 0 unspecified atom stereocenters. The fraction of sp³-hybridized carbons (Fsp3) is 0.300. The van der Waals surface area contributed by atoms with Crippen LogP contribution in [0, 0.1) is 31.1 Å². The van der Waals surface area contributed by atoms with Crippen molar-refractivity contribution in [3.63, 3.8) is 0 Å². The van der Waals surface area contributed by atoms with Crippen molar-refractivity contribution in [2.24, 2.45) is 5.92 Å². The van der Waals surface area contributed by atoms with Gasteiger partial charge in [0.15, 0.2) is 0 Å². The molecule has 1 saturated heterocycles. The fourth-order valence-corrected chi connectivity index (χ4v) is 2.93. The molecule has 0 radical (unpaired) electrons. The molecule has 4 heterocycles. The Hall–Kier alpha value is -3.80. The zero-order valence-electron chi connectivity index (χ0n) is 16.0. The molecule has 0 aromatic carbocycles. The van der Waals surface area contributed by atoms with Gasteiger partial charge in [0.1, 0.15) is 23.8 Å². The Bertz CT molecular complexity index is 1060. The van der Waals surface area contributed by atoms with Crippen molar-refractivity contribution in [3.8, 4) is 23.2 Å². The second-order valence-corrected chi connectivity index (χ2v) is 6.82. The number of nitriles is 1. The summed E-state index contributed by atoms with van der Waals surface area (Å²) in [6.45, 7) is 4.78. The Labute approximate surface area is 167 Å². The molecule has 29 heavy (non-hydrogen) atoms. The van der Waals surface area contributed by atoms with E-state index in [9.17, 15) is 4.79 Å². The third-order valence-corrected chi connectivity index (χ3v) is 4.73. The molecule has 0 aliphatic carbocycles. The second kappa shape index (κ2) is 7.67. The normalized spacial score (nSPS) is 13.6. The van der Waals surface area contributed by atoms with Crippen molar-refractivity contribution >= 4 is 5.91 Å². The van der Waals surface area contributed by atoms with Crippen molar-refractivity contribution in [1.29, 1.82) is 5.26 Å². The van der Waals surface area contributed by atoms with E-state index in [-0.39, 0.29) is 30.0 Å². The van der Waals surface area contributed by atoms with Gasteiger partial charge in [0.25, 0.3) is 5.91 Å². The molecule has 146 valence electrons. The zero-order valence-corrected chi connectivity index (χ0v) is 16.0. The molecule has 9 nitrogen and oxygen atoms in total. The summed E-state index contributed by atoms with van der Waals surface area (Å²) >= 11 is 0. The first-order valence-electron chi connectivity index (χ1n) is 9.07. The Kier molecular flexibility index (Phi) is 4.91. The highest BCUT2D eigenvalue weighted by Crippen LogP contribution is 2.26. The van der Waals surface area contributed by atoms with E-state index < -0.39 is 0 Å². The van der Waals surface area contributed by atoms with Crippen LogP contribution in [0.5, 0.6) is 5.88 Å². The van der Waals surface area contributed by atoms with Gasteiger partial charge in [-0.3, -0.25) is 9.78 Å². The molecular formula is C20H18N6O3. The number of carbonyl (C=O) groups is 1. The summed E-state index contributed by atoms with van der Waals surface area (Å²) < 4.78 is 11.0. The summed E-state index contributed by atoms with van der Waals surface area (Å²) in [5.74, 6) is 0.595. The molecule has 1 aliphatic rings. The predicted octanol–water partition coefficient (Wildman–Crippen LogP) is 2.32. The average Bonchev–Trinajstić information content (AvgIpc) is 3.07. The van der Waals surface area contributed by atoms with Crippen LogP contribution in [0.15, 0.2) is 35.2 Å². The van der Waals surface area contributed by atoms with E-state index in [0.29, 0.717) is 24.5 Å². The van der Waals surface area contributed by atoms with Crippen LogP contribution in [0.4, 0.5) is 0 Å². The second-order valence-electron chi connectivity index (χ2n) is 6.82.